The van der Waals surface area contributed by atoms with Gasteiger partial charge in [-0.1, -0.05) is 23.1 Å². The minimum absolute atomic E-state index is 0.166. The van der Waals surface area contributed by atoms with Crippen molar-refractivity contribution >= 4 is 33.9 Å². The molecule has 8 nitrogen and oxygen atoms in total. The van der Waals surface area contributed by atoms with Crippen LogP contribution in [-0.2, 0) is 5.75 Å². The van der Waals surface area contributed by atoms with E-state index >= 15 is 0 Å². The Morgan fingerprint density at radius 1 is 1.38 bits per heavy atom. The molecule has 3 aromatic rings. The van der Waals surface area contributed by atoms with Crippen LogP contribution in [0.3, 0.4) is 0 Å². The first-order chi connectivity index (χ1) is 10.0. The summed E-state index contributed by atoms with van der Waals surface area (Å²) in [5.74, 6) is 0.623. The average molecular weight is 322 g/mol. The average Bonchev–Trinajstić information content (AvgIpc) is 2.78. The van der Waals surface area contributed by atoms with Crippen LogP contribution in [0.5, 0.6) is 0 Å². The Balaban J connectivity index is 1.87. The summed E-state index contributed by atoms with van der Waals surface area (Å²) in [6.07, 6.45) is 0. The van der Waals surface area contributed by atoms with E-state index in [1.165, 1.54) is 39.7 Å². The predicted octanol–water partition coefficient (Wildman–Crippen LogP) is 0.417. The largest absolute Gasteiger partial charge is 0.383 e. The number of nitrogens with zero attached hydrogens (tertiary/aromatic N) is 4. The van der Waals surface area contributed by atoms with Crippen molar-refractivity contribution in [1.82, 2.24) is 24.6 Å². The van der Waals surface area contributed by atoms with Crippen LogP contribution in [0.25, 0.3) is 4.96 Å². The third-order valence-corrected chi connectivity index (χ3v) is 4.46. The lowest BCUT2D eigenvalue weighted by atomic mass is 10.5. The van der Waals surface area contributed by atoms with Gasteiger partial charge < -0.3 is 10.7 Å². The number of nitrogens with one attached hydrogen (secondary N) is 1. The number of aromatic amines is 1. The lowest BCUT2D eigenvalue weighted by molar-refractivity contribution is 0.869. The van der Waals surface area contributed by atoms with Gasteiger partial charge in [0.15, 0.2) is 5.16 Å². The molecule has 3 N–H and O–H groups in total. The van der Waals surface area contributed by atoms with Crippen LogP contribution < -0.4 is 16.9 Å². The molecule has 0 unspecified atom stereocenters. The molecule has 0 saturated heterocycles. The van der Waals surface area contributed by atoms with Crippen LogP contribution in [0.1, 0.15) is 10.7 Å². The van der Waals surface area contributed by atoms with Gasteiger partial charge in [0.1, 0.15) is 10.8 Å². The number of nitrogens with two attached hydrogens (primary N) is 1. The minimum atomic E-state index is -0.303. The smallest absolute Gasteiger partial charge is 0.275 e. The van der Waals surface area contributed by atoms with E-state index in [1.807, 2.05) is 0 Å². The zero-order valence-corrected chi connectivity index (χ0v) is 12.5. The molecule has 3 heterocycles. The van der Waals surface area contributed by atoms with E-state index in [9.17, 15) is 9.59 Å². The summed E-state index contributed by atoms with van der Waals surface area (Å²) in [6, 6.07) is 2.65. The highest BCUT2D eigenvalue weighted by Gasteiger charge is 2.09. The van der Waals surface area contributed by atoms with E-state index < -0.39 is 0 Å². The number of thioether (sulfide) groups is 1. The highest BCUT2D eigenvalue weighted by atomic mass is 32.2. The zero-order valence-electron chi connectivity index (χ0n) is 10.9. The molecule has 0 fully saturated rings. The van der Waals surface area contributed by atoms with E-state index in [4.69, 9.17) is 5.73 Å². The van der Waals surface area contributed by atoms with E-state index in [2.05, 4.69) is 20.1 Å². The second-order valence-corrected chi connectivity index (χ2v) is 6.19. The Morgan fingerprint density at radius 2 is 2.19 bits per heavy atom. The number of rotatable bonds is 3. The molecular formula is C11H10N6O2S2. The molecule has 0 aliphatic rings. The number of H-pyrrole nitrogens is 1. The maximum absolute atomic E-state index is 11.8. The molecule has 0 aromatic carbocycles. The van der Waals surface area contributed by atoms with Gasteiger partial charge in [-0.05, 0) is 6.92 Å². The number of fused-ring (bicyclic) bond motifs is 1. The second-order valence-electron chi connectivity index (χ2n) is 4.19. The number of aromatic nitrogens is 5. The van der Waals surface area contributed by atoms with E-state index in [-0.39, 0.29) is 16.9 Å². The van der Waals surface area contributed by atoms with Gasteiger partial charge >= 0.3 is 0 Å². The number of hydrogen-bond acceptors (Lipinski definition) is 8. The third-order valence-electron chi connectivity index (χ3n) is 2.49. The summed E-state index contributed by atoms with van der Waals surface area (Å²) in [5, 5.41) is 5.32. The highest BCUT2D eigenvalue weighted by Crippen LogP contribution is 2.21. The SMILES string of the molecule is Cc1cc(=O)n2nc(CSc3nc(N)cc(=O)[nH]3)sc2n1. The summed E-state index contributed by atoms with van der Waals surface area (Å²) in [4.78, 5) is 34.4. The van der Waals surface area contributed by atoms with Crippen molar-refractivity contribution in [2.24, 2.45) is 0 Å². The summed E-state index contributed by atoms with van der Waals surface area (Å²) in [6.45, 7) is 1.76. The number of nitrogen functional groups attached to an aromatic ring is 1. The highest BCUT2D eigenvalue weighted by molar-refractivity contribution is 7.98. The molecule has 0 spiro atoms. The van der Waals surface area contributed by atoms with Crippen molar-refractivity contribution < 1.29 is 0 Å². The van der Waals surface area contributed by atoms with Crippen molar-refractivity contribution in [1.29, 1.82) is 0 Å². The van der Waals surface area contributed by atoms with Gasteiger partial charge in [-0.2, -0.15) is 9.61 Å². The second kappa shape index (κ2) is 5.30. The molecule has 10 heteroatoms. The van der Waals surface area contributed by atoms with Gasteiger partial charge in [-0.25, -0.2) is 9.97 Å². The van der Waals surface area contributed by atoms with Gasteiger partial charge in [-0.15, -0.1) is 0 Å². The topological polar surface area (TPSA) is 119 Å². The van der Waals surface area contributed by atoms with Crippen LogP contribution in [0.15, 0.2) is 26.9 Å². The van der Waals surface area contributed by atoms with Gasteiger partial charge in [-0.3, -0.25) is 9.59 Å². The summed E-state index contributed by atoms with van der Waals surface area (Å²) in [5.41, 5.74) is 5.66. The Labute approximate surface area is 126 Å². The maximum Gasteiger partial charge on any atom is 0.275 e. The fourth-order valence-electron chi connectivity index (χ4n) is 1.67. The standard InChI is InChI=1S/C11H10N6O2S2/c1-5-2-9(19)17-11(13-5)21-8(16-17)4-20-10-14-6(12)3-7(18)15-10/h2-3H,4H2,1H3,(H3,12,14,15,18). The molecule has 0 aliphatic heterocycles. The minimum Gasteiger partial charge on any atom is -0.383 e. The van der Waals surface area contributed by atoms with Crippen LogP contribution in [0.4, 0.5) is 5.82 Å². The van der Waals surface area contributed by atoms with Gasteiger partial charge in [0, 0.05) is 17.8 Å². The monoisotopic (exact) mass is 322 g/mol. The van der Waals surface area contributed by atoms with Crippen LogP contribution in [0, 0.1) is 6.92 Å². The summed E-state index contributed by atoms with van der Waals surface area (Å²) < 4.78 is 1.27. The summed E-state index contributed by atoms with van der Waals surface area (Å²) in [7, 11) is 0. The molecule has 3 aromatic heterocycles. The molecule has 0 atom stereocenters. The molecular weight excluding hydrogens is 312 g/mol. The Hall–Kier alpha value is -2.20. The van der Waals surface area contributed by atoms with Gasteiger partial charge in [0.2, 0.25) is 4.96 Å². The van der Waals surface area contributed by atoms with Crippen LogP contribution in [0.2, 0.25) is 0 Å². The lowest BCUT2D eigenvalue weighted by Crippen LogP contribution is -2.14. The molecule has 0 saturated carbocycles. The number of anilines is 1. The van der Waals surface area contributed by atoms with Crippen LogP contribution in [-0.4, -0.2) is 24.6 Å². The lowest BCUT2D eigenvalue weighted by Gasteiger charge is -1.98. The molecule has 108 valence electrons. The number of hydrogen-bond donors (Lipinski definition) is 2. The maximum atomic E-state index is 11.8. The molecule has 0 bridgehead atoms. The van der Waals surface area contributed by atoms with Gasteiger partial charge in [0.25, 0.3) is 11.1 Å². The Bertz CT molecular complexity index is 928. The normalized spacial score (nSPS) is 11.1. The van der Waals surface area contributed by atoms with E-state index in [1.54, 1.807) is 6.92 Å². The first-order valence-corrected chi connectivity index (χ1v) is 7.67. The molecule has 0 radical (unpaired) electrons. The predicted molar refractivity (Wildman–Crippen MR) is 80.7 cm³/mol. The first-order valence-electron chi connectivity index (χ1n) is 5.87. The fraction of sp³-hybridized carbons (Fsp3) is 0.182. The molecule has 0 amide bonds. The van der Waals surface area contributed by atoms with E-state index in [0.717, 1.165) is 0 Å². The molecule has 3 rings (SSSR count). The molecule has 21 heavy (non-hydrogen) atoms. The van der Waals surface area contributed by atoms with Crippen molar-refractivity contribution in [3.8, 4) is 0 Å². The molecule has 0 aliphatic carbocycles. The third kappa shape index (κ3) is 2.95. The Morgan fingerprint density at radius 3 is 2.95 bits per heavy atom. The van der Waals surface area contributed by atoms with Crippen molar-refractivity contribution in [2.45, 2.75) is 17.8 Å². The van der Waals surface area contributed by atoms with Crippen molar-refractivity contribution in [3.63, 3.8) is 0 Å². The van der Waals surface area contributed by atoms with Crippen molar-refractivity contribution in [3.05, 3.63) is 43.5 Å². The zero-order chi connectivity index (χ0) is 15.0. The number of aryl methyl sites for hydroxylation is 1. The van der Waals surface area contributed by atoms with Crippen LogP contribution >= 0.6 is 23.1 Å². The van der Waals surface area contributed by atoms with Gasteiger partial charge in [0.05, 0.1) is 5.75 Å². The quantitative estimate of drug-likeness (QED) is 0.529. The van der Waals surface area contributed by atoms with E-state index in [0.29, 0.717) is 26.6 Å². The van der Waals surface area contributed by atoms with Crippen molar-refractivity contribution in [2.75, 3.05) is 5.73 Å². The fourth-order valence-corrected chi connectivity index (χ4v) is 3.48. The Kier molecular flexibility index (Phi) is 3.47. The summed E-state index contributed by atoms with van der Waals surface area (Å²) >= 11 is 2.61. The first kappa shape index (κ1) is 13.8.